The Kier molecular flexibility index (Phi) is 6.58. The lowest BCUT2D eigenvalue weighted by atomic mass is 10.2. The maximum Gasteiger partial charge on any atom is 0.285 e. The number of carbonyl (C=O) groups excluding carboxylic acids is 1. The Balaban J connectivity index is 2.00. The molecule has 3 rings (SSSR count). The Morgan fingerprint density at radius 2 is 2.00 bits per heavy atom. The van der Waals surface area contributed by atoms with Gasteiger partial charge in [-0.1, -0.05) is 11.3 Å². The number of aliphatic imine (C=N–C) groups is 1. The molecule has 8 nitrogen and oxygen atoms in total. The summed E-state index contributed by atoms with van der Waals surface area (Å²) in [6, 6.07) is 9.94. The SMILES string of the molecule is C=Nc1ccc(N(Cc2ccc(F)cn2)c2nc(C(=O)NS(C)(=O)=O)c(Br)s2)cc1. The van der Waals surface area contributed by atoms with Crippen molar-refractivity contribution in [3.63, 3.8) is 0 Å². The first-order chi connectivity index (χ1) is 14.2. The molecule has 0 radical (unpaired) electrons. The van der Waals surface area contributed by atoms with Gasteiger partial charge < -0.3 is 4.90 Å². The van der Waals surface area contributed by atoms with E-state index in [-0.39, 0.29) is 12.2 Å². The Labute approximate surface area is 184 Å². The third kappa shape index (κ3) is 5.46. The van der Waals surface area contributed by atoms with Crippen LogP contribution in [0.25, 0.3) is 0 Å². The van der Waals surface area contributed by atoms with Crippen LogP contribution in [0.4, 0.5) is 20.9 Å². The van der Waals surface area contributed by atoms with Gasteiger partial charge in [0.05, 0.1) is 30.4 Å². The van der Waals surface area contributed by atoms with Crippen molar-refractivity contribution in [2.75, 3.05) is 11.2 Å². The number of carbonyl (C=O) groups is 1. The van der Waals surface area contributed by atoms with E-state index < -0.39 is 21.7 Å². The van der Waals surface area contributed by atoms with E-state index >= 15 is 0 Å². The van der Waals surface area contributed by atoms with Crippen molar-refractivity contribution in [2.45, 2.75) is 6.54 Å². The lowest BCUT2D eigenvalue weighted by Crippen LogP contribution is -2.30. The number of hydrogen-bond donors (Lipinski definition) is 1. The van der Waals surface area contributed by atoms with Crippen LogP contribution in [0.2, 0.25) is 0 Å². The second-order valence-electron chi connectivity index (χ2n) is 6.05. The molecule has 0 saturated heterocycles. The summed E-state index contributed by atoms with van der Waals surface area (Å²) in [5, 5.41) is 0.408. The third-order valence-electron chi connectivity index (χ3n) is 3.75. The minimum atomic E-state index is -3.74. The molecule has 1 amide bonds. The van der Waals surface area contributed by atoms with Gasteiger partial charge in [0, 0.05) is 5.69 Å². The lowest BCUT2D eigenvalue weighted by molar-refractivity contribution is 0.0977. The quantitative estimate of drug-likeness (QED) is 0.483. The fraction of sp³-hybridized carbons (Fsp3) is 0.111. The smallest absolute Gasteiger partial charge is 0.285 e. The number of anilines is 2. The van der Waals surface area contributed by atoms with E-state index in [0.29, 0.717) is 26.0 Å². The van der Waals surface area contributed by atoms with E-state index in [4.69, 9.17) is 0 Å². The second kappa shape index (κ2) is 8.98. The van der Waals surface area contributed by atoms with E-state index in [9.17, 15) is 17.6 Å². The number of nitrogens with zero attached hydrogens (tertiary/aromatic N) is 4. The van der Waals surface area contributed by atoms with Gasteiger partial charge in [-0.05, 0) is 59.0 Å². The standard InChI is InChI=1S/C18H15BrFN5O3S2/c1-21-12-5-7-14(8-6-12)25(10-13-4-3-11(20)9-22-13)18-23-15(16(19)29-18)17(26)24-30(2,27)28/h3-9H,1,10H2,2H3,(H,24,26). The molecule has 30 heavy (non-hydrogen) atoms. The first-order valence-electron chi connectivity index (χ1n) is 8.29. The van der Waals surface area contributed by atoms with Crippen molar-refractivity contribution < 1.29 is 17.6 Å². The van der Waals surface area contributed by atoms with Crippen LogP contribution in [-0.4, -0.2) is 37.3 Å². The zero-order valence-electron chi connectivity index (χ0n) is 15.5. The summed E-state index contributed by atoms with van der Waals surface area (Å²) in [5.41, 5.74) is 1.88. The molecule has 0 spiro atoms. The fourth-order valence-electron chi connectivity index (χ4n) is 2.43. The maximum atomic E-state index is 13.2. The number of hydrogen-bond acceptors (Lipinski definition) is 8. The van der Waals surface area contributed by atoms with Crippen molar-refractivity contribution in [1.29, 1.82) is 0 Å². The molecule has 1 aromatic carbocycles. The van der Waals surface area contributed by atoms with Crippen LogP contribution in [0.1, 0.15) is 16.2 Å². The first kappa shape index (κ1) is 22.0. The van der Waals surface area contributed by atoms with E-state index in [1.807, 2.05) is 4.72 Å². The van der Waals surface area contributed by atoms with Crippen molar-refractivity contribution in [3.8, 4) is 0 Å². The van der Waals surface area contributed by atoms with Gasteiger partial charge in [-0.25, -0.2) is 22.5 Å². The monoisotopic (exact) mass is 511 g/mol. The Morgan fingerprint density at radius 1 is 1.30 bits per heavy atom. The van der Waals surface area contributed by atoms with Gasteiger partial charge in [-0.2, -0.15) is 0 Å². The van der Waals surface area contributed by atoms with Gasteiger partial charge in [-0.3, -0.25) is 14.8 Å². The average Bonchev–Trinajstić information content (AvgIpc) is 3.08. The number of amides is 1. The number of rotatable bonds is 7. The molecule has 0 fully saturated rings. The Hall–Kier alpha value is -2.70. The summed E-state index contributed by atoms with van der Waals surface area (Å²) in [6.45, 7) is 3.71. The zero-order valence-corrected chi connectivity index (χ0v) is 18.8. The molecular formula is C18H15BrFN5O3S2. The highest BCUT2D eigenvalue weighted by Crippen LogP contribution is 2.36. The van der Waals surface area contributed by atoms with Crippen molar-refractivity contribution in [2.24, 2.45) is 4.99 Å². The third-order valence-corrected chi connectivity index (χ3v) is 6.04. The number of halogens is 2. The number of nitrogens with one attached hydrogen (secondary N) is 1. The molecule has 0 unspecified atom stereocenters. The fourth-order valence-corrected chi connectivity index (χ4v) is 4.38. The minimum absolute atomic E-state index is 0.0677. The summed E-state index contributed by atoms with van der Waals surface area (Å²) < 4.78 is 38.3. The van der Waals surface area contributed by atoms with Crippen molar-refractivity contribution >= 4 is 66.4 Å². The van der Waals surface area contributed by atoms with Crippen LogP contribution in [0, 0.1) is 5.82 Å². The summed E-state index contributed by atoms with van der Waals surface area (Å²) in [4.78, 5) is 26.3. The predicted molar refractivity (Wildman–Crippen MR) is 118 cm³/mol. The van der Waals surface area contributed by atoms with Gasteiger partial charge in [0.15, 0.2) is 10.8 Å². The highest BCUT2D eigenvalue weighted by molar-refractivity contribution is 9.11. The van der Waals surface area contributed by atoms with Crippen molar-refractivity contribution in [3.05, 3.63) is 63.6 Å². The summed E-state index contributed by atoms with van der Waals surface area (Å²) in [5.74, 6) is -1.30. The topological polar surface area (TPSA) is 105 Å². The Morgan fingerprint density at radius 3 is 2.57 bits per heavy atom. The van der Waals surface area contributed by atoms with Gasteiger partial charge in [0.1, 0.15) is 9.60 Å². The maximum absolute atomic E-state index is 13.2. The summed E-state index contributed by atoms with van der Waals surface area (Å²) in [6.07, 6.45) is 1.99. The van der Waals surface area contributed by atoms with E-state index in [0.717, 1.165) is 23.8 Å². The zero-order chi connectivity index (χ0) is 21.9. The van der Waals surface area contributed by atoms with Gasteiger partial charge in [-0.15, -0.1) is 0 Å². The van der Waals surface area contributed by atoms with Crippen LogP contribution in [0.5, 0.6) is 0 Å². The number of benzene rings is 1. The molecule has 0 atom stereocenters. The summed E-state index contributed by atoms with van der Waals surface area (Å²) >= 11 is 4.41. The molecule has 2 aromatic heterocycles. The first-order valence-corrected chi connectivity index (χ1v) is 11.8. The molecule has 1 N–H and O–H groups in total. The average molecular weight is 512 g/mol. The van der Waals surface area contributed by atoms with Gasteiger partial charge in [0.2, 0.25) is 10.0 Å². The van der Waals surface area contributed by atoms with Crippen LogP contribution in [-0.2, 0) is 16.6 Å². The van der Waals surface area contributed by atoms with Gasteiger partial charge in [0.25, 0.3) is 5.91 Å². The van der Waals surface area contributed by atoms with E-state index in [1.54, 1.807) is 35.2 Å². The van der Waals surface area contributed by atoms with E-state index in [1.165, 1.54) is 6.07 Å². The lowest BCUT2D eigenvalue weighted by Gasteiger charge is -2.21. The molecule has 12 heteroatoms. The van der Waals surface area contributed by atoms with Gasteiger partial charge >= 0.3 is 0 Å². The van der Waals surface area contributed by atoms with Crippen LogP contribution < -0.4 is 9.62 Å². The van der Waals surface area contributed by atoms with Crippen LogP contribution in [0.15, 0.2) is 51.4 Å². The normalized spacial score (nSPS) is 11.2. The molecule has 0 bridgehead atoms. The van der Waals surface area contributed by atoms with Crippen LogP contribution >= 0.6 is 27.3 Å². The minimum Gasteiger partial charge on any atom is -0.312 e. The number of pyridine rings is 1. The van der Waals surface area contributed by atoms with Crippen LogP contribution in [0.3, 0.4) is 0 Å². The molecule has 0 aliphatic rings. The highest BCUT2D eigenvalue weighted by Gasteiger charge is 2.23. The molecule has 0 aliphatic carbocycles. The Bertz CT molecular complexity index is 1180. The molecule has 0 saturated carbocycles. The van der Waals surface area contributed by atoms with E-state index in [2.05, 4.69) is 37.6 Å². The number of thiazole rings is 1. The molecule has 3 aromatic rings. The highest BCUT2D eigenvalue weighted by atomic mass is 79.9. The summed E-state index contributed by atoms with van der Waals surface area (Å²) in [7, 11) is -3.74. The largest absolute Gasteiger partial charge is 0.312 e. The van der Waals surface area contributed by atoms with Crippen molar-refractivity contribution in [1.82, 2.24) is 14.7 Å². The molecule has 156 valence electrons. The second-order valence-corrected chi connectivity index (χ2v) is 10.1. The molecule has 2 heterocycles. The predicted octanol–water partition coefficient (Wildman–Crippen LogP) is 3.80. The number of aromatic nitrogens is 2. The number of sulfonamides is 1. The molecule has 0 aliphatic heterocycles. The molecular weight excluding hydrogens is 497 g/mol.